The molecule has 0 bridgehead atoms. The van der Waals surface area contributed by atoms with Crippen LogP contribution in [0.5, 0.6) is 0 Å². The van der Waals surface area contributed by atoms with Crippen LogP contribution in [0.2, 0.25) is 5.02 Å². The van der Waals surface area contributed by atoms with Gasteiger partial charge in [-0.15, -0.1) is 0 Å². The minimum atomic E-state index is -1.20. The molecule has 0 unspecified atom stereocenters. The largest absolute Gasteiger partial charge is 0.480 e. The lowest BCUT2D eigenvalue weighted by Gasteiger charge is -2.14. The minimum Gasteiger partial charge on any atom is -0.480 e. The van der Waals surface area contributed by atoms with Crippen molar-refractivity contribution >= 4 is 29.3 Å². The maximum atomic E-state index is 11.5. The van der Waals surface area contributed by atoms with Crippen LogP contribution in [0.4, 0.5) is 10.5 Å². The lowest BCUT2D eigenvalue weighted by Crippen LogP contribution is -2.43. The number of hydrogen-bond acceptors (Lipinski definition) is 3. The highest BCUT2D eigenvalue weighted by atomic mass is 35.5. The number of halogens is 1. The number of aliphatic hydroxyl groups excluding tert-OH is 1. The van der Waals surface area contributed by atoms with Crippen molar-refractivity contribution < 1.29 is 19.8 Å². The van der Waals surface area contributed by atoms with Gasteiger partial charge in [0, 0.05) is 23.7 Å². The quantitative estimate of drug-likeness (QED) is 0.649. The van der Waals surface area contributed by atoms with Crippen molar-refractivity contribution in [2.45, 2.75) is 12.5 Å². The number of amides is 2. The van der Waals surface area contributed by atoms with Gasteiger partial charge in [-0.05, 0) is 18.2 Å². The predicted octanol–water partition coefficient (Wildman–Crippen LogP) is 1.30. The van der Waals surface area contributed by atoms with E-state index in [1.54, 1.807) is 18.2 Å². The Labute approximate surface area is 109 Å². The van der Waals surface area contributed by atoms with Gasteiger partial charge in [-0.3, -0.25) is 0 Å². The first-order chi connectivity index (χ1) is 8.52. The standard InChI is InChI=1S/C11H13ClN2O4/c12-7-2-1-3-8(6-7)13-11(18)14-9(4-5-15)10(16)17/h1-3,6,9,15H,4-5H2,(H,16,17)(H2,13,14,18)/t9-/m0/s1. The lowest BCUT2D eigenvalue weighted by molar-refractivity contribution is -0.139. The zero-order valence-corrected chi connectivity index (χ0v) is 10.1. The van der Waals surface area contributed by atoms with Crippen LogP contribution in [0.15, 0.2) is 24.3 Å². The fourth-order valence-corrected chi connectivity index (χ4v) is 1.47. The van der Waals surface area contributed by atoms with Crippen molar-refractivity contribution in [2.24, 2.45) is 0 Å². The summed E-state index contributed by atoms with van der Waals surface area (Å²) < 4.78 is 0. The van der Waals surface area contributed by atoms with E-state index >= 15 is 0 Å². The van der Waals surface area contributed by atoms with Crippen molar-refractivity contribution in [3.8, 4) is 0 Å². The molecule has 1 aromatic rings. The molecule has 0 saturated heterocycles. The molecular weight excluding hydrogens is 260 g/mol. The van der Waals surface area contributed by atoms with E-state index in [0.29, 0.717) is 10.7 Å². The number of hydrogen-bond donors (Lipinski definition) is 4. The number of anilines is 1. The van der Waals surface area contributed by atoms with Crippen molar-refractivity contribution in [2.75, 3.05) is 11.9 Å². The molecule has 1 aromatic carbocycles. The van der Waals surface area contributed by atoms with Gasteiger partial charge >= 0.3 is 12.0 Å². The van der Waals surface area contributed by atoms with Crippen LogP contribution in [-0.4, -0.2) is 34.9 Å². The normalized spacial score (nSPS) is 11.7. The third-order valence-corrected chi connectivity index (χ3v) is 2.34. The van der Waals surface area contributed by atoms with Crippen molar-refractivity contribution in [3.05, 3.63) is 29.3 Å². The van der Waals surface area contributed by atoms with E-state index < -0.39 is 18.0 Å². The minimum absolute atomic E-state index is 0.0572. The second kappa shape index (κ2) is 6.83. The molecule has 6 nitrogen and oxygen atoms in total. The molecule has 0 aliphatic rings. The Morgan fingerprint density at radius 1 is 1.39 bits per heavy atom. The van der Waals surface area contributed by atoms with Crippen LogP contribution in [0.25, 0.3) is 0 Å². The summed E-state index contributed by atoms with van der Waals surface area (Å²) in [6, 6.07) is 4.65. The Bertz CT molecular complexity index is 439. The number of rotatable bonds is 5. The monoisotopic (exact) mass is 272 g/mol. The van der Waals surface area contributed by atoms with Crippen molar-refractivity contribution in [1.29, 1.82) is 0 Å². The van der Waals surface area contributed by atoms with E-state index in [0.717, 1.165) is 0 Å². The van der Waals surface area contributed by atoms with E-state index in [1.807, 2.05) is 0 Å². The molecule has 0 radical (unpaired) electrons. The third kappa shape index (κ3) is 4.60. The van der Waals surface area contributed by atoms with Gasteiger partial charge in [-0.1, -0.05) is 17.7 Å². The summed E-state index contributed by atoms with van der Waals surface area (Å²) in [6.45, 7) is -0.325. The number of benzene rings is 1. The first-order valence-electron chi connectivity index (χ1n) is 5.19. The van der Waals surface area contributed by atoms with Crippen LogP contribution in [-0.2, 0) is 4.79 Å². The topological polar surface area (TPSA) is 98.7 Å². The summed E-state index contributed by atoms with van der Waals surface area (Å²) in [6.07, 6.45) is -0.0572. The zero-order valence-electron chi connectivity index (χ0n) is 9.39. The third-order valence-electron chi connectivity index (χ3n) is 2.10. The highest BCUT2D eigenvalue weighted by Crippen LogP contribution is 2.14. The summed E-state index contributed by atoms with van der Waals surface area (Å²) in [5.74, 6) is -1.20. The van der Waals surface area contributed by atoms with E-state index in [4.69, 9.17) is 21.8 Å². The molecule has 1 atom stereocenters. The molecule has 0 spiro atoms. The molecule has 4 N–H and O–H groups in total. The van der Waals surface area contributed by atoms with Crippen molar-refractivity contribution in [1.82, 2.24) is 5.32 Å². The molecule has 0 aromatic heterocycles. The molecule has 0 aliphatic heterocycles. The fourth-order valence-electron chi connectivity index (χ4n) is 1.28. The zero-order chi connectivity index (χ0) is 13.5. The average molecular weight is 273 g/mol. The number of aliphatic hydroxyl groups is 1. The fraction of sp³-hybridized carbons (Fsp3) is 0.273. The molecule has 0 fully saturated rings. The summed E-state index contributed by atoms with van der Waals surface area (Å²) in [5.41, 5.74) is 0.452. The highest BCUT2D eigenvalue weighted by Gasteiger charge is 2.18. The van der Waals surface area contributed by atoms with Gasteiger partial charge in [0.1, 0.15) is 6.04 Å². The molecule has 18 heavy (non-hydrogen) atoms. The predicted molar refractivity (Wildman–Crippen MR) is 66.7 cm³/mol. The molecule has 1 rings (SSSR count). The second-order valence-electron chi connectivity index (χ2n) is 3.51. The molecule has 0 aliphatic carbocycles. The Morgan fingerprint density at radius 3 is 2.67 bits per heavy atom. The molecule has 0 heterocycles. The van der Waals surface area contributed by atoms with Crippen LogP contribution >= 0.6 is 11.6 Å². The highest BCUT2D eigenvalue weighted by molar-refractivity contribution is 6.30. The number of carbonyl (C=O) groups excluding carboxylic acids is 1. The van der Waals surface area contributed by atoms with E-state index in [9.17, 15) is 9.59 Å². The van der Waals surface area contributed by atoms with Gasteiger partial charge in [0.15, 0.2) is 0 Å². The number of aliphatic carboxylic acids is 1. The van der Waals surface area contributed by atoms with Gasteiger partial charge in [0.05, 0.1) is 0 Å². The number of urea groups is 1. The Balaban J connectivity index is 2.57. The van der Waals surface area contributed by atoms with Gasteiger partial charge < -0.3 is 20.8 Å². The Hall–Kier alpha value is -1.79. The summed E-state index contributed by atoms with van der Waals surface area (Å²) >= 11 is 5.74. The smallest absolute Gasteiger partial charge is 0.326 e. The number of carbonyl (C=O) groups is 2. The maximum Gasteiger partial charge on any atom is 0.326 e. The van der Waals surface area contributed by atoms with E-state index in [-0.39, 0.29) is 13.0 Å². The summed E-state index contributed by atoms with van der Waals surface area (Å²) in [5, 5.41) is 22.6. The first kappa shape index (κ1) is 14.3. The Kier molecular flexibility index (Phi) is 5.41. The molecule has 98 valence electrons. The average Bonchev–Trinajstić information content (AvgIpc) is 2.28. The summed E-state index contributed by atoms with van der Waals surface area (Å²) in [4.78, 5) is 22.3. The van der Waals surface area contributed by atoms with Gasteiger partial charge in [-0.2, -0.15) is 0 Å². The summed E-state index contributed by atoms with van der Waals surface area (Å²) in [7, 11) is 0. The lowest BCUT2D eigenvalue weighted by atomic mass is 10.2. The number of nitrogens with one attached hydrogen (secondary N) is 2. The van der Waals surface area contributed by atoms with Crippen LogP contribution < -0.4 is 10.6 Å². The van der Waals surface area contributed by atoms with Gasteiger partial charge in [-0.25, -0.2) is 9.59 Å². The van der Waals surface area contributed by atoms with Crippen molar-refractivity contribution in [3.63, 3.8) is 0 Å². The van der Waals surface area contributed by atoms with E-state index in [1.165, 1.54) is 6.07 Å². The molecule has 0 saturated carbocycles. The van der Waals surface area contributed by atoms with Gasteiger partial charge in [0.25, 0.3) is 0 Å². The molecule has 2 amide bonds. The molecule has 7 heteroatoms. The number of carboxylic acid groups (broad SMARTS) is 1. The van der Waals surface area contributed by atoms with E-state index in [2.05, 4.69) is 10.6 Å². The molecular formula is C11H13ClN2O4. The maximum absolute atomic E-state index is 11.5. The van der Waals surface area contributed by atoms with Crippen LogP contribution in [0, 0.1) is 0 Å². The Morgan fingerprint density at radius 2 is 2.11 bits per heavy atom. The van der Waals surface area contributed by atoms with Crippen LogP contribution in [0.1, 0.15) is 6.42 Å². The second-order valence-corrected chi connectivity index (χ2v) is 3.95. The SMILES string of the molecule is O=C(Nc1cccc(Cl)c1)N[C@@H](CCO)C(=O)O. The van der Waals surface area contributed by atoms with Crippen LogP contribution in [0.3, 0.4) is 0 Å². The number of carboxylic acids is 1. The first-order valence-corrected chi connectivity index (χ1v) is 5.57. The van der Waals surface area contributed by atoms with Gasteiger partial charge in [0.2, 0.25) is 0 Å².